The molecular formula is C22H35N. The summed E-state index contributed by atoms with van der Waals surface area (Å²) in [5, 5.41) is 0. The molecule has 1 aromatic rings. The molecule has 0 radical (unpaired) electrons. The summed E-state index contributed by atoms with van der Waals surface area (Å²) in [6, 6.07) is 7.06. The smallest absolute Gasteiger partial charge is 0.0410 e. The monoisotopic (exact) mass is 313 g/mol. The third kappa shape index (κ3) is 5.71. The van der Waals surface area contributed by atoms with Gasteiger partial charge in [-0.1, -0.05) is 58.6 Å². The summed E-state index contributed by atoms with van der Waals surface area (Å²) >= 11 is 0. The quantitative estimate of drug-likeness (QED) is 0.421. The molecule has 1 aliphatic carbocycles. The van der Waals surface area contributed by atoms with Crippen LogP contribution < -0.4 is 4.90 Å². The number of benzene rings is 1. The zero-order chi connectivity index (χ0) is 16.7. The second-order valence-corrected chi connectivity index (χ2v) is 7.24. The van der Waals surface area contributed by atoms with Crippen LogP contribution in [0.25, 0.3) is 0 Å². The SMILES string of the molecule is C=C(C)N(CCCC)c1ccc(CC)c(CCCCC2CC2)c1. The lowest BCUT2D eigenvalue weighted by Gasteiger charge is -2.26. The molecule has 0 unspecified atom stereocenters. The van der Waals surface area contributed by atoms with Gasteiger partial charge in [0.25, 0.3) is 0 Å². The van der Waals surface area contributed by atoms with Gasteiger partial charge in [-0.05, 0) is 61.8 Å². The van der Waals surface area contributed by atoms with Gasteiger partial charge in [0.15, 0.2) is 0 Å². The van der Waals surface area contributed by atoms with E-state index in [1.165, 1.54) is 62.6 Å². The number of aryl methyl sites for hydroxylation is 2. The largest absolute Gasteiger partial charge is 0.346 e. The minimum Gasteiger partial charge on any atom is -0.346 e. The molecule has 1 fully saturated rings. The second kappa shape index (κ2) is 9.15. The Balaban J connectivity index is 2.03. The minimum absolute atomic E-state index is 1.07. The zero-order valence-corrected chi connectivity index (χ0v) is 15.5. The van der Waals surface area contributed by atoms with Crippen molar-refractivity contribution in [2.24, 2.45) is 5.92 Å². The fourth-order valence-electron chi connectivity index (χ4n) is 3.37. The number of hydrogen-bond donors (Lipinski definition) is 0. The van der Waals surface area contributed by atoms with E-state index in [1.54, 1.807) is 5.56 Å². The average molecular weight is 314 g/mol. The Hall–Kier alpha value is -1.24. The van der Waals surface area contributed by atoms with Gasteiger partial charge in [0, 0.05) is 17.9 Å². The number of nitrogens with zero attached hydrogens (tertiary/aromatic N) is 1. The Labute approximate surface area is 143 Å². The summed E-state index contributed by atoms with van der Waals surface area (Å²) in [4.78, 5) is 2.39. The fourth-order valence-corrected chi connectivity index (χ4v) is 3.37. The van der Waals surface area contributed by atoms with Crippen molar-refractivity contribution in [2.45, 2.75) is 78.6 Å². The molecule has 2 rings (SSSR count). The summed E-state index contributed by atoms with van der Waals surface area (Å²) in [5.74, 6) is 1.07. The summed E-state index contributed by atoms with van der Waals surface area (Å²) in [7, 11) is 0. The van der Waals surface area contributed by atoms with Crippen molar-refractivity contribution >= 4 is 5.69 Å². The summed E-state index contributed by atoms with van der Waals surface area (Å²) in [5.41, 5.74) is 5.57. The molecule has 0 N–H and O–H groups in total. The molecule has 0 aliphatic heterocycles. The molecule has 0 amide bonds. The van der Waals surface area contributed by atoms with Crippen LogP contribution in [0.3, 0.4) is 0 Å². The van der Waals surface area contributed by atoms with Crippen molar-refractivity contribution in [1.82, 2.24) is 0 Å². The average Bonchev–Trinajstić information content (AvgIpc) is 3.36. The van der Waals surface area contributed by atoms with Crippen LogP contribution in [-0.4, -0.2) is 6.54 Å². The third-order valence-corrected chi connectivity index (χ3v) is 5.08. The van der Waals surface area contributed by atoms with E-state index < -0.39 is 0 Å². The lowest BCUT2D eigenvalue weighted by molar-refractivity contribution is 0.627. The van der Waals surface area contributed by atoms with Crippen molar-refractivity contribution in [2.75, 3.05) is 11.4 Å². The molecular weight excluding hydrogens is 278 g/mol. The van der Waals surface area contributed by atoms with E-state index in [4.69, 9.17) is 0 Å². The number of unbranched alkanes of at least 4 members (excludes halogenated alkanes) is 2. The lowest BCUT2D eigenvalue weighted by atomic mass is 9.98. The molecule has 0 bridgehead atoms. The summed E-state index contributed by atoms with van der Waals surface area (Å²) in [6.45, 7) is 11.9. The van der Waals surface area contributed by atoms with Gasteiger partial charge >= 0.3 is 0 Å². The molecule has 0 atom stereocenters. The fraction of sp³-hybridized carbons (Fsp3) is 0.636. The summed E-state index contributed by atoms with van der Waals surface area (Å²) in [6.07, 6.45) is 12.0. The van der Waals surface area contributed by atoms with Crippen molar-refractivity contribution in [3.05, 3.63) is 41.6 Å². The standard InChI is InChI=1S/C22H35N/c1-5-7-16-23(18(3)4)22-15-14-20(6-2)21(17-22)11-9-8-10-19-12-13-19/h14-15,17,19H,3,5-13,16H2,1-2,4H3. The van der Waals surface area contributed by atoms with Crippen molar-refractivity contribution < 1.29 is 0 Å². The topological polar surface area (TPSA) is 3.24 Å². The summed E-state index contributed by atoms with van der Waals surface area (Å²) < 4.78 is 0. The molecule has 1 saturated carbocycles. The van der Waals surface area contributed by atoms with Crippen LogP contribution in [0.15, 0.2) is 30.5 Å². The van der Waals surface area contributed by atoms with Crippen LogP contribution in [0.4, 0.5) is 5.69 Å². The Morgan fingerprint density at radius 3 is 2.52 bits per heavy atom. The number of anilines is 1. The van der Waals surface area contributed by atoms with Gasteiger partial charge in [0.05, 0.1) is 0 Å². The van der Waals surface area contributed by atoms with E-state index >= 15 is 0 Å². The molecule has 128 valence electrons. The first-order valence-corrected chi connectivity index (χ1v) is 9.70. The van der Waals surface area contributed by atoms with Crippen molar-refractivity contribution in [3.63, 3.8) is 0 Å². The highest BCUT2D eigenvalue weighted by molar-refractivity contribution is 5.55. The number of rotatable bonds is 11. The predicted molar refractivity (Wildman–Crippen MR) is 103 cm³/mol. The van der Waals surface area contributed by atoms with Crippen molar-refractivity contribution in [3.8, 4) is 0 Å². The van der Waals surface area contributed by atoms with E-state index in [9.17, 15) is 0 Å². The van der Waals surface area contributed by atoms with Crippen LogP contribution >= 0.6 is 0 Å². The second-order valence-electron chi connectivity index (χ2n) is 7.24. The Morgan fingerprint density at radius 1 is 1.13 bits per heavy atom. The first kappa shape index (κ1) is 18.1. The van der Waals surface area contributed by atoms with Crippen LogP contribution in [0.5, 0.6) is 0 Å². The van der Waals surface area contributed by atoms with Gasteiger partial charge in [-0.15, -0.1) is 0 Å². The minimum atomic E-state index is 1.07. The molecule has 0 heterocycles. The van der Waals surface area contributed by atoms with E-state index in [1.807, 2.05) is 0 Å². The van der Waals surface area contributed by atoms with Crippen molar-refractivity contribution in [1.29, 1.82) is 0 Å². The maximum atomic E-state index is 4.18. The van der Waals surface area contributed by atoms with Crippen LogP contribution in [0.2, 0.25) is 0 Å². The molecule has 1 heteroatoms. The molecule has 1 nitrogen and oxygen atoms in total. The highest BCUT2D eigenvalue weighted by Crippen LogP contribution is 2.34. The van der Waals surface area contributed by atoms with E-state index in [-0.39, 0.29) is 0 Å². The first-order valence-electron chi connectivity index (χ1n) is 9.70. The van der Waals surface area contributed by atoms with Gasteiger partial charge in [0.1, 0.15) is 0 Å². The van der Waals surface area contributed by atoms with Crippen LogP contribution in [0, 0.1) is 5.92 Å². The molecule has 1 aromatic carbocycles. The van der Waals surface area contributed by atoms with Crippen LogP contribution in [0.1, 0.15) is 76.8 Å². The van der Waals surface area contributed by atoms with E-state index in [0.29, 0.717) is 0 Å². The Kier molecular flexibility index (Phi) is 7.20. The molecule has 23 heavy (non-hydrogen) atoms. The highest BCUT2D eigenvalue weighted by Gasteiger charge is 2.20. The number of hydrogen-bond acceptors (Lipinski definition) is 1. The Bertz CT molecular complexity index is 499. The lowest BCUT2D eigenvalue weighted by Crippen LogP contribution is -2.21. The number of allylic oxidation sites excluding steroid dienone is 1. The predicted octanol–water partition coefficient (Wildman–Crippen LogP) is 6.51. The van der Waals surface area contributed by atoms with Crippen LogP contribution in [-0.2, 0) is 12.8 Å². The Morgan fingerprint density at radius 2 is 1.91 bits per heavy atom. The maximum Gasteiger partial charge on any atom is 0.0410 e. The third-order valence-electron chi connectivity index (χ3n) is 5.08. The van der Waals surface area contributed by atoms with Gasteiger partial charge < -0.3 is 4.90 Å². The normalized spacial score (nSPS) is 14.0. The molecule has 0 spiro atoms. The van der Waals surface area contributed by atoms with Gasteiger partial charge in [0.2, 0.25) is 0 Å². The van der Waals surface area contributed by atoms with Gasteiger partial charge in [-0.25, -0.2) is 0 Å². The van der Waals surface area contributed by atoms with Gasteiger partial charge in [-0.3, -0.25) is 0 Å². The molecule has 1 aliphatic rings. The van der Waals surface area contributed by atoms with E-state index in [0.717, 1.165) is 24.6 Å². The molecule has 0 aromatic heterocycles. The first-order chi connectivity index (χ1) is 11.2. The van der Waals surface area contributed by atoms with E-state index in [2.05, 4.69) is 50.4 Å². The zero-order valence-electron chi connectivity index (χ0n) is 15.5. The highest BCUT2D eigenvalue weighted by atomic mass is 15.1. The van der Waals surface area contributed by atoms with Gasteiger partial charge in [-0.2, -0.15) is 0 Å². The molecule has 0 saturated heterocycles. The maximum absolute atomic E-state index is 4.18.